The molecule has 0 aliphatic heterocycles. The summed E-state index contributed by atoms with van der Waals surface area (Å²) in [5.74, 6) is 0.933. The number of aliphatic hydroxyl groups is 1. The average molecular weight is 275 g/mol. The Balaban J connectivity index is 2.59. The molecule has 1 heterocycles. The van der Waals surface area contributed by atoms with Crippen molar-refractivity contribution in [2.75, 3.05) is 17.7 Å². The third kappa shape index (κ3) is 4.01. The maximum atomic E-state index is 8.70. The van der Waals surface area contributed by atoms with Gasteiger partial charge in [0.2, 0.25) is 5.95 Å². The molecule has 0 radical (unpaired) electrons. The molecule has 5 nitrogen and oxygen atoms in total. The number of nitrogens with zero attached hydrogens (tertiary/aromatic N) is 2. The van der Waals surface area contributed by atoms with Gasteiger partial charge in [0.15, 0.2) is 0 Å². The molecule has 1 atom stereocenters. The molecule has 0 saturated carbocycles. The Morgan fingerprint density at radius 1 is 1.67 bits per heavy atom. The molecule has 4 N–H and O–H groups in total. The fraction of sp³-hybridized carbons (Fsp3) is 0.556. The van der Waals surface area contributed by atoms with E-state index < -0.39 is 0 Å². The molecular formula is C9H15BrN4O. The summed E-state index contributed by atoms with van der Waals surface area (Å²) in [6.07, 6.45) is 3.27. The van der Waals surface area contributed by atoms with Crippen molar-refractivity contribution in [3.05, 3.63) is 10.7 Å². The van der Waals surface area contributed by atoms with E-state index in [-0.39, 0.29) is 18.6 Å². The molecule has 0 aliphatic carbocycles. The summed E-state index contributed by atoms with van der Waals surface area (Å²) >= 11 is 3.33. The lowest BCUT2D eigenvalue weighted by molar-refractivity contribution is 0.282. The maximum Gasteiger partial charge on any atom is 0.221 e. The lowest BCUT2D eigenvalue weighted by Crippen LogP contribution is -2.17. The molecule has 0 aliphatic rings. The van der Waals surface area contributed by atoms with Gasteiger partial charge < -0.3 is 16.2 Å². The van der Waals surface area contributed by atoms with Crippen LogP contribution >= 0.6 is 15.9 Å². The Labute approximate surface area is 97.2 Å². The first-order valence-corrected chi connectivity index (χ1v) is 5.58. The van der Waals surface area contributed by atoms with Crippen molar-refractivity contribution >= 4 is 27.7 Å². The largest absolute Gasteiger partial charge is 0.396 e. The third-order valence-electron chi connectivity index (χ3n) is 1.94. The quantitative estimate of drug-likeness (QED) is 0.756. The fourth-order valence-electron chi connectivity index (χ4n) is 1.19. The molecule has 1 rings (SSSR count). The summed E-state index contributed by atoms with van der Waals surface area (Å²) in [7, 11) is 0. The Morgan fingerprint density at radius 2 is 2.40 bits per heavy atom. The number of nitrogens with one attached hydrogen (secondary N) is 1. The van der Waals surface area contributed by atoms with Crippen LogP contribution in [0.5, 0.6) is 0 Å². The van der Waals surface area contributed by atoms with E-state index in [1.165, 1.54) is 0 Å². The van der Waals surface area contributed by atoms with Crippen LogP contribution in [0, 0.1) is 0 Å². The van der Waals surface area contributed by atoms with Gasteiger partial charge in [0.05, 0.1) is 4.47 Å². The molecule has 0 amide bonds. The van der Waals surface area contributed by atoms with Gasteiger partial charge in [-0.25, -0.2) is 4.98 Å². The molecule has 1 aromatic heterocycles. The van der Waals surface area contributed by atoms with Crippen LogP contribution < -0.4 is 11.1 Å². The molecule has 15 heavy (non-hydrogen) atoms. The zero-order chi connectivity index (χ0) is 11.3. The SMILES string of the molecule is CC(CCCO)Nc1nc(N)ncc1Br. The number of rotatable bonds is 5. The van der Waals surface area contributed by atoms with Gasteiger partial charge in [0.1, 0.15) is 5.82 Å². The van der Waals surface area contributed by atoms with Crippen LogP contribution in [-0.2, 0) is 0 Å². The van der Waals surface area contributed by atoms with Gasteiger partial charge >= 0.3 is 0 Å². The number of halogens is 1. The van der Waals surface area contributed by atoms with E-state index in [1.54, 1.807) is 6.20 Å². The summed E-state index contributed by atoms with van der Waals surface area (Å²) in [4.78, 5) is 7.92. The van der Waals surface area contributed by atoms with Crippen LogP contribution in [0.4, 0.5) is 11.8 Å². The Kier molecular flexibility index (Phi) is 4.77. The summed E-state index contributed by atoms with van der Waals surface area (Å²) < 4.78 is 0.785. The maximum absolute atomic E-state index is 8.70. The van der Waals surface area contributed by atoms with Crippen LogP contribution in [-0.4, -0.2) is 27.7 Å². The second-order valence-corrected chi connectivity index (χ2v) is 4.19. The van der Waals surface area contributed by atoms with E-state index in [4.69, 9.17) is 10.8 Å². The molecular weight excluding hydrogens is 260 g/mol. The molecule has 0 fully saturated rings. The predicted molar refractivity (Wildman–Crippen MR) is 63.5 cm³/mol. The molecule has 0 spiro atoms. The van der Waals surface area contributed by atoms with Gasteiger partial charge in [-0.2, -0.15) is 4.98 Å². The number of hydrogen-bond acceptors (Lipinski definition) is 5. The highest BCUT2D eigenvalue weighted by Crippen LogP contribution is 2.20. The first kappa shape index (κ1) is 12.2. The van der Waals surface area contributed by atoms with Crippen molar-refractivity contribution in [2.45, 2.75) is 25.8 Å². The third-order valence-corrected chi connectivity index (χ3v) is 2.52. The van der Waals surface area contributed by atoms with Gasteiger partial charge in [0, 0.05) is 18.8 Å². The highest BCUT2D eigenvalue weighted by Gasteiger charge is 2.07. The lowest BCUT2D eigenvalue weighted by Gasteiger charge is -2.14. The van der Waals surface area contributed by atoms with Crippen molar-refractivity contribution in [3.8, 4) is 0 Å². The van der Waals surface area contributed by atoms with Gasteiger partial charge in [-0.05, 0) is 35.7 Å². The van der Waals surface area contributed by atoms with Gasteiger partial charge in [-0.3, -0.25) is 0 Å². The lowest BCUT2D eigenvalue weighted by atomic mass is 10.2. The first-order valence-electron chi connectivity index (χ1n) is 4.79. The number of anilines is 2. The number of hydrogen-bond donors (Lipinski definition) is 3. The van der Waals surface area contributed by atoms with Crippen LogP contribution in [0.1, 0.15) is 19.8 Å². The van der Waals surface area contributed by atoms with E-state index in [0.717, 1.165) is 17.3 Å². The highest BCUT2D eigenvalue weighted by molar-refractivity contribution is 9.10. The van der Waals surface area contributed by atoms with Crippen LogP contribution in [0.25, 0.3) is 0 Å². The summed E-state index contributed by atoms with van der Waals surface area (Å²) in [6, 6.07) is 0.239. The van der Waals surface area contributed by atoms with E-state index in [2.05, 4.69) is 31.2 Å². The van der Waals surface area contributed by atoms with Crippen molar-refractivity contribution < 1.29 is 5.11 Å². The number of aliphatic hydroxyl groups excluding tert-OH is 1. The molecule has 0 aromatic carbocycles. The normalized spacial score (nSPS) is 12.5. The minimum Gasteiger partial charge on any atom is -0.396 e. The number of nitrogen functional groups attached to an aromatic ring is 1. The molecule has 0 bridgehead atoms. The topological polar surface area (TPSA) is 84.1 Å². The fourth-order valence-corrected chi connectivity index (χ4v) is 1.49. The zero-order valence-electron chi connectivity index (χ0n) is 8.57. The van der Waals surface area contributed by atoms with Crippen LogP contribution in [0.2, 0.25) is 0 Å². The summed E-state index contributed by atoms with van der Waals surface area (Å²) in [6.45, 7) is 2.24. The van der Waals surface area contributed by atoms with Crippen molar-refractivity contribution in [1.29, 1.82) is 0 Å². The number of nitrogens with two attached hydrogens (primary N) is 1. The average Bonchev–Trinajstić information content (AvgIpc) is 2.20. The standard InChI is InChI=1S/C9H15BrN4O/c1-6(3-2-4-15)13-8-7(10)5-12-9(11)14-8/h5-6,15H,2-4H2,1H3,(H3,11,12,13,14). The molecule has 1 unspecified atom stereocenters. The monoisotopic (exact) mass is 274 g/mol. The predicted octanol–water partition coefficient (Wildman–Crippen LogP) is 1.39. The first-order chi connectivity index (χ1) is 7.13. The minimum absolute atomic E-state index is 0.207. The van der Waals surface area contributed by atoms with Crippen LogP contribution in [0.15, 0.2) is 10.7 Å². The summed E-state index contributed by atoms with van der Waals surface area (Å²) in [5.41, 5.74) is 5.48. The summed E-state index contributed by atoms with van der Waals surface area (Å²) in [5, 5.41) is 11.9. The Hall–Kier alpha value is -0.880. The van der Waals surface area contributed by atoms with Crippen molar-refractivity contribution in [1.82, 2.24) is 9.97 Å². The molecule has 84 valence electrons. The van der Waals surface area contributed by atoms with Gasteiger partial charge in [-0.1, -0.05) is 0 Å². The Morgan fingerprint density at radius 3 is 3.07 bits per heavy atom. The second-order valence-electron chi connectivity index (χ2n) is 3.34. The highest BCUT2D eigenvalue weighted by atomic mass is 79.9. The second kappa shape index (κ2) is 5.87. The van der Waals surface area contributed by atoms with Gasteiger partial charge in [0.25, 0.3) is 0 Å². The van der Waals surface area contributed by atoms with Crippen LogP contribution in [0.3, 0.4) is 0 Å². The molecule has 1 aromatic rings. The van der Waals surface area contributed by atoms with E-state index in [1.807, 2.05) is 6.92 Å². The van der Waals surface area contributed by atoms with Crippen molar-refractivity contribution in [2.24, 2.45) is 0 Å². The number of aromatic nitrogens is 2. The Bertz CT molecular complexity index is 321. The van der Waals surface area contributed by atoms with E-state index in [0.29, 0.717) is 5.82 Å². The molecule has 0 saturated heterocycles. The van der Waals surface area contributed by atoms with E-state index in [9.17, 15) is 0 Å². The zero-order valence-corrected chi connectivity index (χ0v) is 10.2. The molecule has 6 heteroatoms. The smallest absolute Gasteiger partial charge is 0.221 e. The van der Waals surface area contributed by atoms with E-state index >= 15 is 0 Å². The minimum atomic E-state index is 0.207. The van der Waals surface area contributed by atoms with Crippen molar-refractivity contribution in [3.63, 3.8) is 0 Å². The van der Waals surface area contributed by atoms with Gasteiger partial charge in [-0.15, -0.1) is 0 Å².